The van der Waals surface area contributed by atoms with Gasteiger partial charge in [0.1, 0.15) is 0 Å². The van der Waals surface area contributed by atoms with Crippen LogP contribution in [0, 0.1) is 5.92 Å². The second kappa shape index (κ2) is 4.15. The molecule has 17 heavy (non-hydrogen) atoms. The van der Waals surface area contributed by atoms with Crippen LogP contribution in [0.25, 0.3) is 0 Å². The summed E-state index contributed by atoms with van der Waals surface area (Å²) in [6, 6.07) is 6.30. The van der Waals surface area contributed by atoms with E-state index in [-0.39, 0.29) is 11.9 Å². The lowest BCUT2D eigenvalue weighted by Crippen LogP contribution is -2.19. The van der Waals surface area contributed by atoms with Crippen molar-refractivity contribution in [3.8, 4) is 0 Å². The number of amides is 1. The second-order valence-electron chi connectivity index (χ2n) is 5.21. The molecule has 1 aromatic rings. The molecule has 1 unspecified atom stereocenters. The Morgan fingerprint density at radius 3 is 2.82 bits per heavy atom. The van der Waals surface area contributed by atoms with Crippen molar-refractivity contribution in [2.45, 2.75) is 38.1 Å². The number of hydrogen-bond donors (Lipinski definition) is 2. The lowest BCUT2D eigenvalue weighted by molar-refractivity contribution is -0.115. The molecule has 0 aromatic heterocycles. The molecule has 1 atom stereocenters. The first-order valence-electron chi connectivity index (χ1n) is 6.42. The number of carbonyl (C=O) groups excluding carboxylic acids is 1. The predicted octanol–water partition coefficient (Wildman–Crippen LogP) is 2.37. The van der Waals surface area contributed by atoms with Crippen molar-refractivity contribution in [1.29, 1.82) is 0 Å². The SMILES string of the molecule is NC(c1ccc2c(c1)CC(=O)N2)C1CCCC1. The van der Waals surface area contributed by atoms with E-state index < -0.39 is 0 Å². The molecule has 0 radical (unpaired) electrons. The summed E-state index contributed by atoms with van der Waals surface area (Å²) >= 11 is 0. The first-order chi connectivity index (χ1) is 8.24. The molecule has 3 rings (SSSR count). The predicted molar refractivity (Wildman–Crippen MR) is 67.7 cm³/mol. The maximum Gasteiger partial charge on any atom is 0.228 e. The lowest BCUT2D eigenvalue weighted by Gasteiger charge is -2.19. The van der Waals surface area contributed by atoms with E-state index in [0.29, 0.717) is 12.3 Å². The summed E-state index contributed by atoms with van der Waals surface area (Å²) in [5, 5.41) is 2.85. The van der Waals surface area contributed by atoms with Gasteiger partial charge in [-0.2, -0.15) is 0 Å². The number of fused-ring (bicyclic) bond motifs is 1. The van der Waals surface area contributed by atoms with Crippen LogP contribution in [0.15, 0.2) is 18.2 Å². The minimum atomic E-state index is 0.0894. The number of anilines is 1. The van der Waals surface area contributed by atoms with E-state index in [2.05, 4.69) is 17.4 Å². The molecule has 1 amide bonds. The molecule has 0 spiro atoms. The van der Waals surface area contributed by atoms with E-state index in [1.54, 1.807) is 0 Å². The third-order valence-corrected chi connectivity index (χ3v) is 4.05. The molecule has 2 aliphatic rings. The summed E-state index contributed by atoms with van der Waals surface area (Å²) in [6.07, 6.45) is 5.61. The number of benzene rings is 1. The van der Waals surface area contributed by atoms with E-state index in [1.165, 1.54) is 31.2 Å². The number of nitrogens with one attached hydrogen (secondary N) is 1. The third kappa shape index (κ3) is 1.95. The van der Waals surface area contributed by atoms with Crippen LogP contribution in [0.3, 0.4) is 0 Å². The molecule has 1 aliphatic carbocycles. The summed E-state index contributed by atoms with van der Waals surface area (Å²) in [5.74, 6) is 0.713. The molecule has 1 heterocycles. The first kappa shape index (κ1) is 10.8. The Hall–Kier alpha value is -1.35. The van der Waals surface area contributed by atoms with Crippen LogP contribution in [0.1, 0.15) is 42.9 Å². The zero-order chi connectivity index (χ0) is 11.8. The average Bonchev–Trinajstić information content (AvgIpc) is 2.94. The standard InChI is InChI=1S/C14H18N2O/c15-14(9-3-1-2-4-9)10-5-6-12-11(7-10)8-13(17)16-12/h5-7,9,14H,1-4,8,15H2,(H,16,17). The average molecular weight is 230 g/mol. The van der Waals surface area contributed by atoms with Gasteiger partial charge in [0.15, 0.2) is 0 Å². The molecular formula is C14H18N2O. The summed E-state index contributed by atoms with van der Waals surface area (Å²) < 4.78 is 0. The van der Waals surface area contributed by atoms with Crippen LogP contribution in [-0.2, 0) is 11.2 Å². The lowest BCUT2D eigenvalue weighted by atomic mass is 9.91. The molecule has 3 nitrogen and oxygen atoms in total. The van der Waals surface area contributed by atoms with Gasteiger partial charge < -0.3 is 11.1 Å². The highest BCUT2D eigenvalue weighted by molar-refractivity contribution is 5.99. The van der Waals surface area contributed by atoms with Crippen LogP contribution in [0.4, 0.5) is 5.69 Å². The monoisotopic (exact) mass is 230 g/mol. The number of nitrogens with two attached hydrogens (primary N) is 1. The smallest absolute Gasteiger partial charge is 0.228 e. The maximum absolute atomic E-state index is 11.3. The van der Waals surface area contributed by atoms with Gasteiger partial charge in [-0.05, 0) is 36.0 Å². The van der Waals surface area contributed by atoms with E-state index in [1.807, 2.05) is 6.07 Å². The molecule has 3 heteroatoms. The van der Waals surface area contributed by atoms with Gasteiger partial charge in [-0.1, -0.05) is 25.0 Å². The highest BCUT2D eigenvalue weighted by Crippen LogP contribution is 2.35. The fourth-order valence-corrected chi connectivity index (χ4v) is 3.05. The van der Waals surface area contributed by atoms with E-state index >= 15 is 0 Å². The molecule has 1 saturated carbocycles. The van der Waals surface area contributed by atoms with Gasteiger partial charge in [0, 0.05) is 11.7 Å². The van der Waals surface area contributed by atoms with Crippen molar-refractivity contribution >= 4 is 11.6 Å². The maximum atomic E-state index is 11.3. The third-order valence-electron chi connectivity index (χ3n) is 4.05. The molecule has 90 valence electrons. The number of carbonyl (C=O) groups is 1. The van der Waals surface area contributed by atoms with Gasteiger partial charge in [-0.15, -0.1) is 0 Å². The van der Waals surface area contributed by atoms with Crippen LogP contribution < -0.4 is 11.1 Å². The van der Waals surface area contributed by atoms with Gasteiger partial charge in [-0.3, -0.25) is 4.79 Å². The van der Waals surface area contributed by atoms with Crippen molar-refractivity contribution < 1.29 is 4.79 Å². The largest absolute Gasteiger partial charge is 0.326 e. The molecule has 3 N–H and O–H groups in total. The number of hydrogen-bond acceptors (Lipinski definition) is 2. The van der Waals surface area contributed by atoms with Gasteiger partial charge in [0.25, 0.3) is 0 Å². The molecule has 1 aromatic carbocycles. The fraction of sp³-hybridized carbons (Fsp3) is 0.500. The van der Waals surface area contributed by atoms with Gasteiger partial charge in [0.2, 0.25) is 5.91 Å². The van der Waals surface area contributed by atoms with Crippen molar-refractivity contribution in [1.82, 2.24) is 0 Å². The van der Waals surface area contributed by atoms with Crippen LogP contribution in [-0.4, -0.2) is 5.91 Å². The Bertz CT molecular complexity index is 450. The minimum absolute atomic E-state index is 0.0894. The molecule has 0 saturated heterocycles. The Balaban J connectivity index is 1.84. The first-order valence-corrected chi connectivity index (χ1v) is 6.42. The van der Waals surface area contributed by atoms with Crippen molar-refractivity contribution in [3.63, 3.8) is 0 Å². The Kier molecular flexibility index (Phi) is 2.63. The van der Waals surface area contributed by atoms with Crippen molar-refractivity contribution in [3.05, 3.63) is 29.3 Å². The van der Waals surface area contributed by atoms with Crippen molar-refractivity contribution in [2.75, 3.05) is 5.32 Å². The highest BCUT2D eigenvalue weighted by atomic mass is 16.1. The highest BCUT2D eigenvalue weighted by Gasteiger charge is 2.25. The van der Waals surface area contributed by atoms with Crippen LogP contribution in [0.2, 0.25) is 0 Å². The molecule has 1 fully saturated rings. The Labute approximate surface area is 101 Å². The normalized spacial score (nSPS) is 21.4. The molecule has 0 bridgehead atoms. The van der Waals surface area contributed by atoms with E-state index in [9.17, 15) is 4.79 Å². The quantitative estimate of drug-likeness (QED) is 0.819. The topological polar surface area (TPSA) is 55.1 Å². The molecular weight excluding hydrogens is 212 g/mol. The number of rotatable bonds is 2. The fourth-order valence-electron chi connectivity index (χ4n) is 3.05. The van der Waals surface area contributed by atoms with Crippen LogP contribution >= 0.6 is 0 Å². The van der Waals surface area contributed by atoms with Gasteiger partial charge in [-0.25, -0.2) is 0 Å². The zero-order valence-corrected chi connectivity index (χ0v) is 9.91. The summed E-state index contributed by atoms with van der Waals surface area (Å²) in [6.45, 7) is 0. The van der Waals surface area contributed by atoms with E-state index in [0.717, 1.165) is 11.3 Å². The van der Waals surface area contributed by atoms with Gasteiger partial charge in [0.05, 0.1) is 6.42 Å². The van der Waals surface area contributed by atoms with E-state index in [4.69, 9.17) is 5.73 Å². The van der Waals surface area contributed by atoms with Gasteiger partial charge >= 0.3 is 0 Å². The molecule has 1 aliphatic heterocycles. The van der Waals surface area contributed by atoms with Crippen molar-refractivity contribution in [2.24, 2.45) is 11.7 Å². The zero-order valence-electron chi connectivity index (χ0n) is 9.91. The second-order valence-corrected chi connectivity index (χ2v) is 5.21. The summed E-state index contributed by atoms with van der Waals surface area (Å²) in [5.41, 5.74) is 9.56. The summed E-state index contributed by atoms with van der Waals surface area (Å²) in [4.78, 5) is 11.3. The van der Waals surface area contributed by atoms with Crippen LogP contribution in [0.5, 0.6) is 0 Å². The minimum Gasteiger partial charge on any atom is -0.326 e. The Morgan fingerprint density at radius 2 is 2.06 bits per heavy atom. The summed E-state index contributed by atoms with van der Waals surface area (Å²) in [7, 11) is 0. The Morgan fingerprint density at radius 1 is 1.29 bits per heavy atom.